The minimum absolute atomic E-state index is 0.0738. The monoisotopic (exact) mass is 271 g/mol. The zero-order valence-electron chi connectivity index (χ0n) is 10.2. The maximum atomic E-state index is 10.3. The normalized spacial score (nSPS) is 10.7. The number of rotatable bonds is 3. The van der Waals surface area contributed by atoms with Crippen molar-refractivity contribution in [1.82, 2.24) is 4.57 Å². The molecule has 0 saturated heterocycles. The Kier molecular flexibility index (Phi) is 3.01. The molecule has 0 bridgehead atoms. The number of benzene rings is 1. The minimum Gasteiger partial charge on any atom is -0.494 e. The molecule has 0 spiro atoms. The van der Waals surface area contributed by atoms with Gasteiger partial charge in [0.2, 0.25) is 5.88 Å². The zero-order valence-corrected chi connectivity index (χ0v) is 11.0. The second-order valence-corrected chi connectivity index (χ2v) is 5.30. The fraction of sp³-hybridized carbons (Fsp3) is 0.0667. The topological polar surface area (TPSA) is 45.4 Å². The van der Waals surface area contributed by atoms with Gasteiger partial charge >= 0.3 is 0 Å². The highest BCUT2D eigenvalue weighted by molar-refractivity contribution is 7.09. The Bertz CT molecular complexity index is 672. The fourth-order valence-corrected chi connectivity index (χ4v) is 2.76. The number of hydrogen-bond donors (Lipinski definition) is 2. The maximum Gasteiger partial charge on any atom is 0.202 e. The van der Waals surface area contributed by atoms with Gasteiger partial charge in [0.25, 0.3) is 0 Å². The van der Waals surface area contributed by atoms with Crippen LogP contribution in [0.2, 0.25) is 0 Å². The van der Waals surface area contributed by atoms with Crippen LogP contribution in [-0.2, 0) is 6.54 Å². The van der Waals surface area contributed by atoms with E-state index in [1.807, 2.05) is 47.8 Å². The summed E-state index contributed by atoms with van der Waals surface area (Å²) in [5.74, 6) is 0.168. The molecular weight excluding hydrogens is 258 g/mol. The van der Waals surface area contributed by atoms with Gasteiger partial charge in [-0.15, -0.1) is 11.3 Å². The van der Waals surface area contributed by atoms with Gasteiger partial charge < -0.3 is 10.2 Å². The van der Waals surface area contributed by atoms with Gasteiger partial charge in [-0.3, -0.25) is 4.57 Å². The van der Waals surface area contributed by atoms with E-state index in [2.05, 4.69) is 0 Å². The second kappa shape index (κ2) is 4.82. The first-order valence-corrected chi connectivity index (χ1v) is 6.83. The standard InChI is InChI=1S/C15H13NO2S/c17-14-9-13(11-5-2-1-3-6-11)15(18)16(14)10-12-7-4-8-19-12/h1-9,17-18H,10H2. The van der Waals surface area contributed by atoms with Crippen molar-refractivity contribution in [2.24, 2.45) is 0 Å². The molecule has 19 heavy (non-hydrogen) atoms. The highest BCUT2D eigenvalue weighted by atomic mass is 32.1. The number of aromatic nitrogens is 1. The summed E-state index contributed by atoms with van der Waals surface area (Å²) in [6.07, 6.45) is 0. The molecule has 1 aromatic carbocycles. The molecule has 0 unspecified atom stereocenters. The predicted molar refractivity (Wildman–Crippen MR) is 76.6 cm³/mol. The van der Waals surface area contributed by atoms with Crippen molar-refractivity contribution in [3.8, 4) is 22.9 Å². The van der Waals surface area contributed by atoms with E-state index in [4.69, 9.17) is 0 Å². The van der Waals surface area contributed by atoms with Crippen LogP contribution >= 0.6 is 11.3 Å². The van der Waals surface area contributed by atoms with E-state index >= 15 is 0 Å². The van der Waals surface area contributed by atoms with Crippen LogP contribution in [0.4, 0.5) is 0 Å². The Balaban J connectivity index is 2.01. The average Bonchev–Trinajstić information content (AvgIpc) is 3.03. The number of thiophene rings is 1. The molecule has 0 saturated carbocycles. The third kappa shape index (κ3) is 2.22. The van der Waals surface area contributed by atoms with Crippen LogP contribution in [0.1, 0.15) is 4.88 Å². The molecule has 2 N–H and O–H groups in total. The third-order valence-electron chi connectivity index (χ3n) is 3.03. The Morgan fingerprint density at radius 1 is 1.00 bits per heavy atom. The summed E-state index contributed by atoms with van der Waals surface area (Å²) in [7, 11) is 0. The van der Waals surface area contributed by atoms with E-state index in [1.54, 1.807) is 17.4 Å². The van der Waals surface area contributed by atoms with Crippen molar-refractivity contribution in [3.05, 3.63) is 58.8 Å². The van der Waals surface area contributed by atoms with Crippen LogP contribution in [0.5, 0.6) is 11.8 Å². The second-order valence-electron chi connectivity index (χ2n) is 4.27. The lowest BCUT2D eigenvalue weighted by molar-refractivity contribution is 0.379. The molecule has 0 aliphatic heterocycles. The Hall–Kier alpha value is -2.20. The SMILES string of the molecule is Oc1cc(-c2ccccc2)c(O)n1Cc1cccs1. The number of nitrogens with zero attached hydrogens (tertiary/aromatic N) is 1. The van der Waals surface area contributed by atoms with Gasteiger partial charge in [-0.25, -0.2) is 0 Å². The van der Waals surface area contributed by atoms with Crippen LogP contribution in [-0.4, -0.2) is 14.8 Å². The Labute approximate surface area is 115 Å². The number of aromatic hydroxyl groups is 2. The van der Waals surface area contributed by atoms with Crippen LogP contribution in [0.25, 0.3) is 11.1 Å². The van der Waals surface area contributed by atoms with E-state index in [9.17, 15) is 10.2 Å². The van der Waals surface area contributed by atoms with Crippen LogP contribution in [0.15, 0.2) is 53.9 Å². The highest BCUT2D eigenvalue weighted by Crippen LogP contribution is 2.36. The van der Waals surface area contributed by atoms with Crippen molar-refractivity contribution >= 4 is 11.3 Å². The van der Waals surface area contributed by atoms with Gasteiger partial charge in [0.15, 0.2) is 5.88 Å². The smallest absolute Gasteiger partial charge is 0.202 e. The third-order valence-corrected chi connectivity index (χ3v) is 3.89. The Morgan fingerprint density at radius 3 is 2.47 bits per heavy atom. The molecule has 0 aliphatic carbocycles. The van der Waals surface area contributed by atoms with Gasteiger partial charge in [-0.2, -0.15) is 0 Å². The lowest BCUT2D eigenvalue weighted by Gasteiger charge is -2.05. The number of hydrogen-bond acceptors (Lipinski definition) is 3. The molecular formula is C15H13NO2S. The molecule has 0 fully saturated rings. The molecule has 0 radical (unpaired) electrons. The van der Waals surface area contributed by atoms with Gasteiger partial charge in [0.1, 0.15) is 0 Å². The molecule has 0 aliphatic rings. The van der Waals surface area contributed by atoms with E-state index in [1.165, 1.54) is 4.57 Å². The molecule has 4 heteroatoms. The van der Waals surface area contributed by atoms with Crippen molar-refractivity contribution in [2.45, 2.75) is 6.54 Å². The van der Waals surface area contributed by atoms with Gasteiger partial charge in [0.05, 0.1) is 6.54 Å². The molecule has 96 valence electrons. The van der Waals surface area contributed by atoms with Gasteiger partial charge in [-0.05, 0) is 17.0 Å². The quantitative estimate of drug-likeness (QED) is 0.763. The summed E-state index contributed by atoms with van der Waals surface area (Å²) in [4.78, 5) is 1.08. The van der Waals surface area contributed by atoms with Crippen LogP contribution in [0, 0.1) is 0 Å². The fourth-order valence-electron chi connectivity index (χ4n) is 2.07. The minimum atomic E-state index is 0.0738. The first-order chi connectivity index (χ1) is 9.25. The maximum absolute atomic E-state index is 10.3. The first-order valence-electron chi connectivity index (χ1n) is 5.95. The molecule has 0 atom stereocenters. The van der Waals surface area contributed by atoms with E-state index in [-0.39, 0.29) is 11.8 Å². The van der Waals surface area contributed by atoms with Crippen LogP contribution < -0.4 is 0 Å². The van der Waals surface area contributed by atoms with Gasteiger partial charge in [0, 0.05) is 16.5 Å². The summed E-state index contributed by atoms with van der Waals surface area (Å²) in [5.41, 5.74) is 1.54. The van der Waals surface area contributed by atoms with E-state index in [0.29, 0.717) is 12.1 Å². The first kappa shape index (κ1) is 11.9. The molecule has 2 aromatic heterocycles. The molecule has 0 amide bonds. The van der Waals surface area contributed by atoms with Crippen molar-refractivity contribution in [3.63, 3.8) is 0 Å². The largest absolute Gasteiger partial charge is 0.494 e. The van der Waals surface area contributed by atoms with Crippen molar-refractivity contribution in [1.29, 1.82) is 0 Å². The summed E-state index contributed by atoms with van der Waals surface area (Å²) >= 11 is 1.60. The molecule has 3 aromatic rings. The average molecular weight is 271 g/mol. The lowest BCUT2D eigenvalue weighted by atomic mass is 10.1. The molecule has 3 nitrogen and oxygen atoms in total. The summed E-state index contributed by atoms with van der Waals surface area (Å²) in [5, 5.41) is 22.2. The highest BCUT2D eigenvalue weighted by Gasteiger charge is 2.15. The zero-order chi connectivity index (χ0) is 13.2. The lowest BCUT2D eigenvalue weighted by Crippen LogP contribution is -1.96. The van der Waals surface area contributed by atoms with Gasteiger partial charge in [-0.1, -0.05) is 36.4 Å². The molecule has 2 heterocycles. The van der Waals surface area contributed by atoms with E-state index < -0.39 is 0 Å². The predicted octanol–water partition coefficient (Wildman–Crippen LogP) is 3.68. The Morgan fingerprint density at radius 2 is 1.79 bits per heavy atom. The van der Waals surface area contributed by atoms with Crippen molar-refractivity contribution < 1.29 is 10.2 Å². The van der Waals surface area contributed by atoms with E-state index in [0.717, 1.165) is 10.4 Å². The van der Waals surface area contributed by atoms with Crippen LogP contribution in [0.3, 0.4) is 0 Å². The molecule has 3 rings (SSSR count). The summed E-state index contributed by atoms with van der Waals surface area (Å²) in [6.45, 7) is 0.474. The van der Waals surface area contributed by atoms with Crippen molar-refractivity contribution in [2.75, 3.05) is 0 Å². The summed E-state index contributed by atoms with van der Waals surface area (Å²) in [6, 6.07) is 15.1. The summed E-state index contributed by atoms with van der Waals surface area (Å²) < 4.78 is 1.51.